The van der Waals surface area contributed by atoms with Gasteiger partial charge < -0.3 is 10.4 Å². The molecule has 0 heterocycles. The third-order valence-corrected chi connectivity index (χ3v) is 6.54. The Hall–Kier alpha value is -1.82. The van der Waals surface area contributed by atoms with E-state index in [2.05, 4.69) is 17.5 Å². The molecule has 0 spiro atoms. The van der Waals surface area contributed by atoms with Gasteiger partial charge in [0.15, 0.2) is 0 Å². The highest BCUT2D eigenvalue weighted by Crippen LogP contribution is 2.52. The summed E-state index contributed by atoms with van der Waals surface area (Å²) in [6.07, 6.45) is 5.23. The molecule has 0 aromatic heterocycles. The van der Waals surface area contributed by atoms with Gasteiger partial charge in [-0.3, -0.25) is 4.79 Å². The molecule has 0 aliphatic heterocycles. The molecular weight excluding hydrogens is 379 g/mol. The minimum Gasteiger partial charge on any atom is -0.481 e. The molecule has 160 valence electrons. The van der Waals surface area contributed by atoms with Gasteiger partial charge in [0.2, 0.25) is 0 Å². The van der Waals surface area contributed by atoms with Gasteiger partial charge in [0.25, 0.3) is 0 Å². The standard InChI is InChI=1S/C23H30F3NO2/c1-15-7-8-18(21(11-15)23(24,25)26)13-27-14-20-17-10-9-16(12-17)19(20)5-3-2-4-6-22(28)29/h3,5,7-8,11,16-17,19-20,27H,2,4,6,9-10,12-14H2,1H3,(H,28,29)/b5-3-/t16-,17+,19+,20+/m1/s1. The summed E-state index contributed by atoms with van der Waals surface area (Å²) in [6, 6.07) is 4.52. The molecule has 29 heavy (non-hydrogen) atoms. The molecule has 2 aliphatic rings. The van der Waals surface area contributed by atoms with E-state index in [0.29, 0.717) is 41.2 Å². The summed E-state index contributed by atoms with van der Waals surface area (Å²) in [6.45, 7) is 2.61. The van der Waals surface area contributed by atoms with E-state index in [0.717, 1.165) is 13.0 Å². The Morgan fingerprint density at radius 2 is 2.03 bits per heavy atom. The van der Waals surface area contributed by atoms with Crippen molar-refractivity contribution in [2.24, 2.45) is 23.7 Å². The van der Waals surface area contributed by atoms with Crippen LogP contribution in [-0.2, 0) is 17.5 Å². The first-order chi connectivity index (χ1) is 13.8. The van der Waals surface area contributed by atoms with Gasteiger partial charge in [-0.15, -0.1) is 0 Å². The first kappa shape index (κ1) is 21.9. The van der Waals surface area contributed by atoms with E-state index in [9.17, 15) is 18.0 Å². The number of nitrogens with one attached hydrogen (secondary N) is 1. The van der Waals surface area contributed by atoms with E-state index >= 15 is 0 Å². The van der Waals surface area contributed by atoms with E-state index in [4.69, 9.17) is 5.11 Å². The van der Waals surface area contributed by atoms with Gasteiger partial charge in [0.1, 0.15) is 0 Å². The largest absolute Gasteiger partial charge is 0.481 e. The molecule has 2 N–H and O–H groups in total. The van der Waals surface area contributed by atoms with Crippen molar-refractivity contribution in [1.82, 2.24) is 5.32 Å². The third kappa shape index (κ3) is 5.62. The Labute approximate surface area is 170 Å². The van der Waals surface area contributed by atoms with Crippen molar-refractivity contribution in [1.29, 1.82) is 0 Å². The lowest BCUT2D eigenvalue weighted by molar-refractivity contribution is -0.138. The number of hydrogen-bond donors (Lipinski definition) is 2. The van der Waals surface area contributed by atoms with E-state index < -0.39 is 17.7 Å². The van der Waals surface area contributed by atoms with Crippen LogP contribution in [0.1, 0.15) is 55.2 Å². The Morgan fingerprint density at radius 1 is 1.28 bits per heavy atom. The molecule has 0 unspecified atom stereocenters. The number of rotatable bonds is 9. The zero-order chi connectivity index (χ0) is 21.0. The fourth-order valence-electron chi connectivity index (χ4n) is 5.16. The van der Waals surface area contributed by atoms with Crippen molar-refractivity contribution in [2.45, 2.75) is 58.2 Å². The number of alkyl halides is 3. The number of aliphatic carboxylic acids is 1. The zero-order valence-electron chi connectivity index (χ0n) is 16.8. The van der Waals surface area contributed by atoms with Gasteiger partial charge in [-0.2, -0.15) is 13.2 Å². The minimum atomic E-state index is -4.34. The summed E-state index contributed by atoms with van der Waals surface area (Å²) in [5, 5.41) is 12.0. The predicted octanol–water partition coefficient (Wildman–Crippen LogP) is 5.58. The second-order valence-corrected chi connectivity index (χ2v) is 8.58. The maximum Gasteiger partial charge on any atom is 0.416 e. The van der Waals surface area contributed by atoms with Crippen molar-refractivity contribution in [3.63, 3.8) is 0 Å². The number of fused-ring (bicyclic) bond motifs is 2. The van der Waals surface area contributed by atoms with Crippen LogP contribution in [0.15, 0.2) is 30.4 Å². The van der Waals surface area contributed by atoms with Crippen LogP contribution >= 0.6 is 0 Å². The van der Waals surface area contributed by atoms with Crippen molar-refractivity contribution in [3.8, 4) is 0 Å². The maximum absolute atomic E-state index is 13.3. The maximum atomic E-state index is 13.3. The lowest BCUT2D eigenvalue weighted by Crippen LogP contribution is -2.32. The highest BCUT2D eigenvalue weighted by atomic mass is 19.4. The molecular formula is C23H30F3NO2. The van der Waals surface area contributed by atoms with Gasteiger partial charge in [-0.05, 0) is 80.9 Å². The predicted molar refractivity (Wildman–Crippen MR) is 106 cm³/mol. The van der Waals surface area contributed by atoms with Crippen LogP contribution < -0.4 is 5.32 Å². The Kier molecular flexibility index (Phi) is 7.04. The van der Waals surface area contributed by atoms with Crippen molar-refractivity contribution >= 4 is 5.97 Å². The fraction of sp³-hybridized carbons (Fsp3) is 0.609. The third-order valence-electron chi connectivity index (χ3n) is 6.54. The van der Waals surface area contributed by atoms with E-state index in [1.807, 2.05) is 0 Å². The smallest absolute Gasteiger partial charge is 0.416 e. The number of aryl methyl sites for hydroxylation is 1. The lowest BCUT2D eigenvalue weighted by Gasteiger charge is -2.29. The number of benzene rings is 1. The van der Waals surface area contributed by atoms with Crippen LogP contribution in [0.3, 0.4) is 0 Å². The second-order valence-electron chi connectivity index (χ2n) is 8.58. The highest BCUT2D eigenvalue weighted by Gasteiger charge is 2.45. The van der Waals surface area contributed by atoms with Gasteiger partial charge in [0.05, 0.1) is 5.56 Å². The quantitative estimate of drug-likeness (QED) is 0.414. The van der Waals surface area contributed by atoms with Gasteiger partial charge >= 0.3 is 12.1 Å². The van der Waals surface area contributed by atoms with E-state index in [-0.39, 0.29) is 13.0 Å². The topological polar surface area (TPSA) is 49.3 Å². The summed E-state index contributed by atoms with van der Waals surface area (Å²) < 4.78 is 40.0. The summed E-state index contributed by atoms with van der Waals surface area (Å²) in [5.74, 6) is 1.43. The summed E-state index contributed by atoms with van der Waals surface area (Å²) >= 11 is 0. The summed E-state index contributed by atoms with van der Waals surface area (Å²) in [5.41, 5.74) is 0.363. The van der Waals surface area contributed by atoms with Gasteiger partial charge in [0, 0.05) is 13.0 Å². The van der Waals surface area contributed by atoms with E-state index in [1.165, 1.54) is 25.3 Å². The molecule has 6 heteroatoms. The zero-order valence-corrected chi connectivity index (χ0v) is 16.8. The monoisotopic (exact) mass is 409 g/mol. The molecule has 1 aromatic rings. The molecule has 0 radical (unpaired) electrons. The normalized spacial score (nSPS) is 26.5. The Balaban J connectivity index is 1.57. The average Bonchev–Trinajstić information content (AvgIpc) is 3.23. The molecule has 4 atom stereocenters. The SMILES string of the molecule is Cc1ccc(CNC[C@H]2[C@H]3CC[C@H](C3)[C@@H]2/C=C\CCCC(=O)O)c(C(F)(F)F)c1. The molecule has 2 saturated carbocycles. The fourth-order valence-corrected chi connectivity index (χ4v) is 5.16. The Morgan fingerprint density at radius 3 is 2.76 bits per heavy atom. The summed E-state index contributed by atoms with van der Waals surface area (Å²) in [4.78, 5) is 10.6. The highest BCUT2D eigenvalue weighted by molar-refractivity contribution is 5.66. The molecule has 3 rings (SSSR count). The van der Waals surface area contributed by atoms with Crippen molar-refractivity contribution in [3.05, 3.63) is 47.0 Å². The Bertz CT molecular complexity index is 744. The van der Waals surface area contributed by atoms with Crippen molar-refractivity contribution in [2.75, 3.05) is 6.54 Å². The summed E-state index contributed by atoms with van der Waals surface area (Å²) in [7, 11) is 0. The van der Waals surface area contributed by atoms with Crippen LogP contribution in [0.25, 0.3) is 0 Å². The molecule has 2 aliphatic carbocycles. The average molecular weight is 409 g/mol. The molecule has 2 bridgehead atoms. The number of halogens is 3. The van der Waals surface area contributed by atoms with Gasteiger partial charge in [-0.25, -0.2) is 0 Å². The first-order valence-electron chi connectivity index (χ1n) is 10.5. The second kappa shape index (κ2) is 9.33. The lowest BCUT2D eigenvalue weighted by atomic mass is 9.79. The number of carboxylic acids is 1. The van der Waals surface area contributed by atoms with Crippen LogP contribution in [0.2, 0.25) is 0 Å². The molecule has 2 fully saturated rings. The molecule has 1 aromatic carbocycles. The van der Waals surface area contributed by atoms with Crippen LogP contribution in [-0.4, -0.2) is 17.6 Å². The number of carbonyl (C=O) groups is 1. The minimum absolute atomic E-state index is 0.185. The number of allylic oxidation sites excluding steroid dienone is 2. The number of carboxylic acid groups (broad SMARTS) is 1. The number of unbranched alkanes of at least 4 members (excludes halogenated alkanes) is 1. The first-order valence-corrected chi connectivity index (χ1v) is 10.5. The molecule has 3 nitrogen and oxygen atoms in total. The van der Waals surface area contributed by atoms with Crippen LogP contribution in [0.4, 0.5) is 13.2 Å². The van der Waals surface area contributed by atoms with E-state index in [1.54, 1.807) is 19.1 Å². The van der Waals surface area contributed by atoms with Crippen LogP contribution in [0, 0.1) is 30.6 Å². The van der Waals surface area contributed by atoms with Crippen molar-refractivity contribution < 1.29 is 23.1 Å². The van der Waals surface area contributed by atoms with Gasteiger partial charge in [-0.1, -0.05) is 29.8 Å². The number of hydrogen-bond acceptors (Lipinski definition) is 2. The molecule has 0 amide bonds. The van der Waals surface area contributed by atoms with Crippen LogP contribution in [0.5, 0.6) is 0 Å². The molecule has 0 saturated heterocycles.